The van der Waals surface area contributed by atoms with Crippen LogP contribution in [0.25, 0.3) is 10.9 Å². The lowest BCUT2D eigenvalue weighted by atomic mass is 10.0. The summed E-state index contributed by atoms with van der Waals surface area (Å²) in [4.78, 5) is 11.2. The highest BCUT2D eigenvalue weighted by Gasteiger charge is 2.25. The molecule has 28 heavy (non-hydrogen) atoms. The Labute approximate surface area is 173 Å². The summed E-state index contributed by atoms with van der Waals surface area (Å²) in [6, 6.07) is 9.48. The first-order valence-corrected chi connectivity index (χ1v) is 9.66. The van der Waals surface area contributed by atoms with Gasteiger partial charge in [-0.15, -0.1) is 0 Å². The van der Waals surface area contributed by atoms with Crippen LogP contribution in [0.1, 0.15) is 11.6 Å². The van der Waals surface area contributed by atoms with Crippen LogP contribution < -0.4 is 19.7 Å². The maximum Gasteiger partial charge on any atom is 0.162 e. The number of ether oxygens (including phenoxy) is 2. The minimum Gasteiger partial charge on any atom is -0.493 e. The normalized spacial score (nSPS) is 17.0. The Bertz CT molecular complexity index is 1010. The average Bonchev–Trinajstić information content (AvgIpc) is 2.72. The molecule has 2 aromatic carbocycles. The molecule has 2 heterocycles. The first kappa shape index (κ1) is 19.1. The topological polar surface area (TPSA) is 59.5 Å². The monoisotopic (exact) mass is 418 g/mol. The molecule has 8 heteroatoms. The Kier molecular flexibility index (Phi) is 5.44. The Balaban J connectivity index is 1.71. The van der Waals surface area contributed by atoms with Gasteiger partial charge >= 0.3 is 0 Å². The number of methoxy groups -OCH3 is 2. The maximum absolute atomic E-state index is 6.43. The predicted octanol–water partition coefficient (Wildman–Crippen LogP) is 4.10. The molecule has 1 aliphatic heterocycles. The van der Waals surface area contributed by atoms with Gasteiger partial charge in [0.15, 0.2) is 11.5 Å². The van der Waals surface area contributed by atoms with Crippen molar-refractivity contribution in [2.24, 2.45) is 0 Å². The van der Waals surface area contributed by atoms with Gasteiger partial charge in [-0.1, -0.05) is 29.3 Å². The first-order valence-electron chi connectivity index (χ1n) is 8.90. The van der Waals surface area contributed by atoms with E-state index in [1.165, 1.54) is 0 Å². The number of piperazine rings is 1. The van der Waals surface area contributed by atoms with E-state index in [1.807, 2.05) is 24.3 Å². The van der Waals surface area contributed by atoms with Crippen molar-refractivity contribution in [1.29, 1.82) is 0 Å². The van der Waals surface area contributed by atoms with Crippen LogP contribution >= 0.6 is 23.2 Å². The van der Waals surface area contributed by atoms with Crippen molar-refractivity contribution in [2.45, 2.75) is 6.04 Å². The van der Waals surface area contributed by atoms with E-state index in [2.05, 4.69) is 20.2 Å². The fraction of sp³-hybridized carbons (Fsp3) is 0.300. The Morgan fingerprint density at radius 3 is 2.61 bits per heavy atom. The van der Waals surface area contributed by atoms with Crippen LogP contribution in [-0.2, 0) is 0 Å². The molecule has 1 fully saturated rings. The molecule has 0 saturated carbocycles. The number of hydrogen-bond donors (Lipinski definition) is 1. The molecule has 0 radical (unpaired) electrons. The zero-order chi connectivity index (χ0) is 19.7. The number of halogens is 2. The lowest BCUT2D eigenvalue weighted by molar-refractivity contribution is 0.355. The summed E-state index contributed by atoms with van der Waals surface area (Å²) in [6.07, 6.45) is 1.58. The van der Waals surface area contributed by atoms with Crippen molar-refractivity contribution in [3.63, 3.8) is 0 Å². The molecule has 0 bridgehead atoms. The second-order valence-corrected chi connectivity index (χ2v) is 7.38. The SMILES string of the molecule is COc1cc2ncnc(N3CCNC(c4ccc(Cl)cc4Cl)C3)c2cc1OC. The molecule has 0 spiro atoms. The van der Waals surface area contributed by atoms with Crippen molar-refractivity contribution in [1.82, 2.24) is 15.3 Å². The van der Waals surface area contributed by atoms with E-state index >= 15 is 0 Å². The lowest BCUT2D eigenvalue weighted by Crippen LogP contribution is -2.46. The molecule has 1 N–H and O–H groups in total. The zero-order valence-corrected chi connectivity index (χ0v) is 17.1. The molecular formula is C20H20Cl2N4O2. The molecule has 0 aliphatic carbocycles. The number of anilines is 1. The fourth-order valence-electron chi connectivity index (χ4n) is 3.56. The van der Waals surface area contributed by atoms with Crippen LogP contribution in [-0.4, -0.2) is 43.8 Å². The molecular weight excluding hydrogens is 399 g/mol. The number of benzene rings is 2. The molecule has 146 valence electrons. The van der Waals surface area contributed by atoms with Crippen LogP contribution in [0.2, 0.25) is 10.0 Å². The van der Waals surface area contributed by atoms with Crippen molar-refractivity contribution in [3.8, 4) is 11.5 Å². The van der Waals surface area contributed by atoms with Gasteiger partial charge in [0.1, 0.15) is 12.1 Å². The largest absolute Gasteiger partial charge is 0.493 e. The van der Waals surface area contributed by atoms with Crippen molar-refractivity contribution < 1.29 is 9.47 Å². The molecule has 1 saturated heterocycles. The van der Waals surface area contributed by atoms with Gasteiger partial charge < -0.3 is 19.7 Å². The Hall–Kier alpha value is -2.28. The molecule has 4 rings (SSSR count). The summed E-state index contributed by atoms with van der Waals surface area (Å²) in [5.74, 6) is 2.16. The summed E-state index contributed by atoms with van der Waals surface area (Å²) < 4.78 is 10.9. The van der Waals surface area contributed by atoms with Gasteiger partial charge in [0.2, 0.25) is 0 Å². The highest BCUT2D eigenvalue weighted by atomic mass is 35.5. The van der Waals surface area contributed by atoms with Crippen LogP contribution in [0.5, 0.6) is 11.5 Å². The third kappa shape index (κ3) is 3.55. The van der Waals surface area contributed by atoms with Crippen molar-refractivity contribution in [2.75, 3.05) is 38.8 Å². The molecule has 1 unspecified atom stereocenters. The van der Waals surface area contributed by atoms with Gasteiger partial charge in [0.05, 0.1) is 25.8 Å². The molecule has 0 amide bonds. The summed E-state index contributed by atoms with van der Waals surface area (Å²) in [7, 11) is 3.24. The standard InChI is InChI=1S/C20H20Cl2N4O2/c1-27-18-8-14-16(9-19(18)28-2)24-11-25-20(14)26-6-5-23-17(10-26)13-4-3-12(21)7-15(13)22/h3-4,7-9,11,17,23H,5-6,10H2,1-2H3. The summed E-state index contributed by atoms with van der Waals surface area (Å²) in [5, 5.41) is 5.73. The second-order valence-electron chi connectivity index (χ2n) is 6.54. The van der Waals surface area contributed by atoms with E-state index in [-0.39, 0.29) is 6.04 Å². The van der Waals surface area contributed by atoms with E-state index < -0.39 is 0 Å². The number of fused-ring (bicyclic) bond motifs is 1. The van der Waals surface area contributed by atoms with E-state index in [9.17, 15) is 0 Å². The number of hydrogen-bond acceptors (Lipinski definition) is 6. The first-order chi connectivity index (χ1) is 13.6. The van der Waals surface area contributed by atoms with Crippen molar-refractivity contribution in [3.05, 3.63) is 52.3 Å². The summed E-state index contributed by atoms with van der Waals surface area (Å²) in [6.45, 7) is 2.35. The molecule has 3 aromatic rings. The van der Waals surface area contributed by atoms with Crippen LogP contribution in [0.15, 0.2) is 36.7 Å². The van der Waals surface area contributed by atoms with E-state index in [1.54, 1.807) is 26.6 Å². The molecule has 1 atom stereocenters. The summed E-state index contributed by atoms with van der Waals surface area (Å²) >= 11 is 12.5. The quantitative estimate of drug-likeness (QED) is 0.687. The van der Waals surface area contributed by atoms with Gasteiger partial charge in [-0.25, -0.2) is 9.97 Å². The lowest BCUT2D eigenvalue weighted by Gasteiger charge is -2.35. The van der Waals surface area contributed by atoms with E-state index in [0.29, 0.717) is 21.5 Å². The Morgan fingerprint density at radius 2 is 1.86 bits per heavy atom. The van der Waals surface area contributed by atoms with E-state index in [0.717, 1.165) is 41.9 Å². The highest BCUT2D eigenvalue weighted by molar-refractivity contribution is 6.35. The van der Waals surface area contributed by atoms with Gasteiger partial charge in [0.25, 0.3) is 0 Å². The number of aromatic nitrogens is 2. The number of nitrogens with one attached hydrogen (secondary N) is 1. The van der Waals surface area contributed by atoms with Gasteiger partial charge in [-0.2, -0.15) is 0 Å². The fourth-order valence-corrected chi connectivity index (χ4v) is 4.10. The average molecular weight is 419 g/mol. The minimum absolute atomic E-state index is 0.0728. The molecule has 6 nitrogen and oxygen atoms in total. The molecule has 1 aliphatic rings. The van der Waals surface area contributed by atoms with Crippen LogP contribution in [0, 0.1) is 0 Å². The van der Waals surface area contributed by atoms with Crippen LogP contribution in [0.4, 0.5) is 5.82 Å². The van der Waals surface area contributed by atoms with E-state index in [4.69, 9.17) is 32.7 Å². The van der Waals surface area contributed by atoms with Gasteiger partial charge in [-0.05, 0) is 23.8 Å². The third-order valence-corrected chi connectivity index (χ3v) is 5.49. The smallest absolute Gasteiger partial charge is 0.162 e. The van der Waals surface area contributed by atoms with Crippen molar-refractivity contribution >= 4 is 39.9 Å². The molecule has 1 aromatic heterocycles. The summed E-state index contributed by atoms with van der Waals surface area (Å²) in [5.41, 5.74) is 1.83. The maximum atomic E-state index is 6.43. The van der Waals surface area contributed by atoms with Gasteiger partial charge in [0, 0.05) is 41.1 Å². The zero-order valence-electron chi connectivity index (χ0n) is 15.6. The highest BCUT2D eigenvalue weighted by Crippen LogP contribution is 2.36. The van der Waals surface area contributed by atoms with Gasteiger partial charge in [-0.3, -0.25) is 0 Å². The second kappa shape index (κ2) is 7.99. The minimum atomic E-state index is 0.0728. The third-order valence-electron chi connectivity index (χ3n) is 4.93. The number of nitrogens with zero attached hydrogens (tertiary/aromatic N) is 3. The number of rotatable bonds is 4. The predicted molar refractivity (Wildman–Crippen MR) is 112 cm³/mol. The Morgan fingerprint density at radius 1 is 1.07 bits per heavy atom. The van der Waals surface area contributed by atoms with Crippen LogP contribution in [0.3, 0.4) is 0 Å².